The van der Waals surface area contributed by atoms with Gasteiger partial charge in [0.15, 0.2) is 5.78 Å². The first-order chi connectivity index (χ1) is 15.5. The predicted molar refractivity (Wildman–Crippen MR) is 133 cm³/mol. The second-order valence-corrected chi connectivity index (χ2v) is 9.16. The van der Waals surface area contributed by atoms with Crippen molar-refractivity contribution in [2.45, 2.75) is 32.7 Å². The van der Waals surface area contributed by atoms with E-state index in [1.165, 1.54) is 16.3 Å². The number of para-hydroxylation sites is 1. The zero-order valence-corrected chi connectivity index (χ0v) is 19.4. The molecule has 162 valence electrons. The van der Waals surface area contributed by atoms with Crippen LogP contribution in [0.3, 0.4) is 0 Å². The normalized spacial score (nSPS) is 16.2. The largest absolute Gasteiger partial charge is 0.494 e. The molecule has 0 amide bonds. The molecule has 0 bridgehead atoms. The fourth-order valence-corrected chi connectivity index (χ4v) is 5.14. The van der Waals surface area contributed by atoms with Crippen molar-refractivity contribution in [3.05, 3.63) is 82.9 Å². The maximum atomic E-state index is 13.3. The number of halogens is 1. The van der Waals surface area contributed by atoms with Crippen LogP contribution >= 0.6 is 11.6 Å². The van der Waals surface area contributed by atoms with Crippen LogP contribution in [0.1, 0.15) is 42.3 Å². The van der Waals surface area contributed by atoms with Crippen LogP contribution in [-0.2, 0) is 12.0 Å². The summed E-state index contributed by atoms with van der Waals surface area (Å²) < 4.78 is 7.95. The quantitative estimate of drug-likeness (QED) is 0.246. The minimum absolute atomic E-state index is 0.0951. The van der Waals surface area contributed by atoms with Crippen molar-refractivity contribution in [3.8, 4) is 5.75 Å². The van der Waals surface area contributed by atoms with Gasteiger partial charge in [0.25, 0.3) is 0 Å². The van der Waals surface area contributed by atoms with Gasteiger partial charge in [-0.25, -0.2) is 0 Å². The Morgan fingerprint density at radius 2 is 1.78 bits per heavy atom. The van der Waals surface area contributed by atoms with E-state index >= 15 is 0 Å². The Hall–Kier alpha value is -3.04. The van der Waals surface area contributed by atoms with E-state index in [0.29, 0.717) is 12.5 Å². The van der Waals surface area contributed by atoms with Crippen LogP contribution < -0.4 is 4.74 Å². The summed E-state index contributed by atoms with van der Waals surface area (Å²) >= 11 is 6.08. The highest BCUT2D eigenvalue weighted by Crippen LogP contribution is 2.45. The lowest BCUT2D eigenvalue weighted by Gasteiger charge is -2.21. The number of allylic oxidation sites excluding steroid dienone is 1. The van der Waals surface area contributed by atoms with E-state index in [2.05, 4.69) is 67.0 Å². The SMILES string of the molecule is CCOc1ccc2c(c1)C(C)(C)/C(=C/c1ccc3c(c1)c1ccccc1n3CCCl)C2=O. The van der Waals surface area contributed by atoms with Crippen molar-refractivity contribution >= 4 is 45.3 Å². The van der Waals surface area contributed by atoms with Crippen molar-refractivity contribution in [3.63, 3.8) is 0 Å². The number of benzene rings is 3. The molecule has 5 rings (SSSR count). The van der Waals surface area contributed by atoms with Gasteiger partial charge in [-0.05, 0) is 60.5 Å². The topological polar surface area (TPSA) is 31.2 Å². The van der Waals surface area contributed by atoms with Gasteiger partial charge in [-0.3, -0.25) is 4.79 Å². The number of carbonyl (C=O) groups excluding carboxylic acids is 1. The Morgan fingerprint density at radius 1 is 1.00 bits per heavy atom. The summed E-state index contributed by atoms with van der Waals surface area (Å²) in [6.07, 6.45) is 2.05. The Kier molecular flexibility index (Phi) is 5.10. The third kappa shape index (κ3) is 3.15. The number of fused-ring (bicyclic) bond motifs is 4. The number of rotatable bonds is 5. The van der Waals surface area contributed by atoms with Gasteiger partial charge in [0.2, 0.25) is 0 Å². The number of Topliss-reactive ketones (excluding diaryl/α,β-unsaturated/α-hetero) is 1. The van der Waals surface area contributed by atoms with E-state index in [-0.39, 0.29) is 11.2 Å². The summed E-state index contributed by atoms with van der Waals surface area (Å²) in [6.45, 7) is 7.56. The number of carbonyl (C=O) groups is 1. The molecule has 1 aliphatic rings. The molecule has 1 aromatic heterocycles. The summed E-state index contributed by atoms with van der Waals surface area (Å²) in [4.78, 5) is 13.3. The average Bonchev–Trinajstić information content (AvgIpc) is 3.19. The van der Waals surface area contributed by atoms with Crippen molar-refractivity contribution in [2.24, 2.45) is 0 Å². The summed E-state index contributed by atoms with van der Waals surface area (Å²) in [5, 5.41) is 2.38. The first kappa shape index (κ1) is 20.8. The molecule has 3 nitrogen and oxygen atoms in total. The summed E-state index contributed by atoms with van der Waals surface area (Å²) in [5.74, 6) is 1.46. The van der Waals surface area contributed by atoms with Gasteiger partial charge in [0.05, 0.1) is 6.61 Å². The van der Waals surface area contributed by atoms with Crippen LogP contribution in [-0.4, -0.2) is 22.8 Å². The highest BCUT2D eigenvalue weighted by atomic mass is 35.5. The van der Waals surface area contributed by atoms with Crippen molar-refractivity contribution in [2.75, 3.05) is 12.5 Å². The van der Waals surface area contributed by atoms with Gasteiger partial charge < -0.3 is 9.30 Å². The van der Waals surface area contributed by atoms with Crippen molar-refractivity contribution in [1.29, 1.82) is 0 Å². The van der Waals surface area contributed by atoms with E-state index < -0.39 is 0 Å². The Labute approximate surface area is 193 Å². The number of hydrogen-bond donors (Lipinski definition) is 0. The highest BCUT2D eigenvalue weighted by Gasteiger charge is 2.41. The number of nitrogens with zero attached hydrogens (tertiary/aromatic N) is 1. The molecule has 0 saturated heterocycles. The number of ketones is 1. The van der Waals surface area contributed by atoms with Crippen LogP contribution in [0.2, 0.25) is 0 Å². The number of alkyl halides is 1. The highest BCUT2D eigenvalue weighted by molar-refractivity contribution is 6.18. The molecule has 0 spiro atoms. The molecule has 0 radical (unpaired) electrons. The molecule has 0 atom stereocenters. The van der Waals surface area contributed by atoms with Crippen molar-refractivity contribution < 1.29 is 9.53 Å². The Morgan fingerprint density at radius 3 is 2.56 bits per heavy atom. The van der Waals surface area contributed by atoms with Crippen LogP contribution in [0.5, 0.6) is 5.75 Å². The van der Waals surface area contributed by atoms with E-state index in [1.54, 1.807) is 0 Å². The molecule has 4 heteroatoms. The molecule has 0 N–H and O–H groups in total. The monoisotopic (exact) mass is 443 g/mol. The molecule has 3 aromatic carbocycles. The number of aryl methyl sites for hydroxylation is 1. The molecule has 1 heterocycles. The standard InChI is InChI=1S/C28H26ClNO2/c1-4-32-19-10-11-21-23(17-19)28(2,3)24(27(21)31)16-18-9-12-26-22(15-18)20-7-5-6-8-25(20)30(26)14-13-29/h5-12,15-17H,4,13-14H2,1-3H3/b24-16+. The molecule has 0 unspecified atom stereocenters. The molecular formula is C28H26ClNO2. The molecule has 0 fully saturated rings. The molecule has 1 aliphatic carbocycles. The lowest BCUT2D eigenvalue weighted by molar-refractivity contribution is 0.103. The van der Waals surface area contributed by atoms with Gasteiger partial charge in [-0.15, -0.1) is 11.6 Å². The third-order valence-electron chi connectivity index (χ3n) is 6.55. The van der Waals surface area contributed by atoms with E-state index in [0.717, 1.165) is 40.1 Å². The second-order valence-electron chi connectivity index (χ2n) is 8.79. The van der Waals surface area contributed by atoms with Gasteiger partial charge in [0.1, 0.15) is 5.75 Å². The lowest BCUT2D eigenvalue weighted by atomic mass is 9.82. The van der Waals surface area contributed by atoms with E-state index in [1.807, 2.05) is 25.1 Å². The Balaban J connectivity index is 1.64. The van der Waals surface area contributed by atoms with Gasteiger partial charge in [-0.2, -0.15) is 0 Å². The summed E-state index contributed by atoms with van der Waals surface area (Å²) in [5.41, 5.74) is 5.59. The van der Waals surface area contributed by atoms with E-state index in [9.17, 15) is 4.79 Å². The van der Waals surface area contributed by atoms with E-state index in [4.69, 9.17) is 16.3 Å². The third-order valence-corrected chi connectivity index (χ3v) is 6.72. The Bertz CT molecular complexity index is 1390. The first-order valence-electron chi connectivity index (χ1n) is 11.1. The zero-order chi connectivity index (χ0) is 22.5. The molecule has 4 aromatic rings. The molecule has 0 saturated carbocycles. The maximum absolute atomic E-state index is 13.3. The minimum Gasteiger partial charge on any atom is -0.494 e. The predicted octanol–water partition coefficient (Wildman–Crippen LogP) is 6.99. The van der Waals surface area contributed by atoms with Crippen LogP contribution in [0.15, 0.2) is 66.2 Å². The fraction of sp³-hybridized carbons (Fsp3) is 0.250. The number of ether oxygens (including phenoxy) is 1. The van der Waals surface area contributed by atoms with Crippen LogP contribution in [0.25, 0.3) is 27.9 Å². The van der Waals surface area contributed by atoms with Gasteiger partial charge >= 0.3 is 0 Å². The summed E-state index contributed by atoms with van der Waals surface area (Å²) in [7, 11) is 0. The number of aromatic nitrogens is 1. The second kappa shape index (κ2) is 7.83. The van der Waals surface area contributed by atoms with Gasteiger partial charge in [0, 0.05) is 50.8 Å². The smallest absolute Gasteiger partial charge is 0.190 e. The summed E-state index contributed by atoms with van der Waals surface area (Å²) in [6, 6.07) is 20.6. The average molecular weight is 444 g/mol. The molecular weight excluding hydrogens is 418 g/mol. The molecule has 32 heavy (non-hydrogen) atoms. The van der Waals surface area contributed by atoms with Crippen molar-refractivity contribution in [1.82, 2.24) is 4.57 Å². The van der Waals surface area contributed by atoms with Crippen LogP contribution in [0, 0.1) is 0 Å². The fourth-order valence-electron chi connectivity index (χ4n) is 4.97. The number of hydrogen-bond acceptors (Lipinski definition) is 2. The first-order valence-corrected chi connectivity index (χ1v) is 11.6. The minimum atomic E-state index is -0.388. The lowest BCUT2D eigenvalue weighted by Crippen LogP contribution is -2.17. The molecule has 0 aliphatic heterocycles. The van der Waals surface area contributed by atoms with Gasteiger partial charge in [-0.1, -0.05) is 38.1 Å². The zero-order valence-electron chi connectivity index (χ0n) is 18.6. The van der Waals surface area contributed by atoms with Crippen LogP contribution in [0.4, 0.5) is 0 Å². The maximum Gasteiger partial charge on any atom is 0.190 e.